The van der Waals surface area contributed by atoms with Gasteiger partial charge in [-0.2, -0.15) is 0 Å². The summed E-state index contributed by atoms with van der Waals surface area (Å²) >= 11 is 0. The van der Waals surface area contributed by atoms with Gasteiger partial charge >= 0.3 is 0 Å². The predicted molar refractivity (Wildman–Crippen MR) is 114 cm³/mol. The second-order valence-corrected chi connectivity index (χ2v) is 15.2. The third-order valence-electron chi connectivity index (χ3n) is 7.78. The number of hydrogen-bond donors (Lipinski definition) is 0. The number of fused-ring (bicyclic) bond motifs is 8. The molecule has 4 rings (SSSR count). The highest BCUT2D eigenvalue weighted by molar-refractivity contribution is 6.87. The van der Waals surface area contributed by atoms with Crippen molar-refractivity contribution < 1.29 is 11.6 Å². The molecule has 142 valence electrons. The van der Waals surface area contributed by atoms with Crippen LogP contribution in [0.2, 0.25) is 16.6 Å². The maximum Gasteiger partial charge on any atom is 0.130 e. The van der Waals surface area contributed by atoms with E-state index in [0.29, 0.717) is 51.7 Å². The fraction of sp³-hybridized carbons (Fsp3) is 0.667. The minimum Gasteiger partial charge on any atom is -0.465 e. The van der Waals surface area contributed by atoms with Crippen molar-refractivity contribution in [2.75, 3.05) is 0 Å². The van der Waals surface area contributed by atoms with Crippen LogP contribution in [0, 0.1) is 11.8 Å². The molecule has 0 aliphatic heterocycles. The highest BCUT2D eigenvalue weighted by Gasteiger charge is 2.56. The molecule has 4 atom stereocenters. The SMILES string of the molecule is [2H]/C(Oc1c([2H])c([2H])c([2H])c2c1C1C3CCC(C3)C21)=C(\[2H])[Si](C(C)C)(C(C)C)C(C)C. The van der Waals surface area contributed by atoms with Crippen LogP contribution in [0.5, 0.6) is 5.75 Å². The van der Waals surface area contributed by atoms with Gasteiger partial charge in [0.15, 0.2) is 0 Å². The van der Waals surface area contributed by atoms with Crippen LogP contribution in [-0.4, -0.2) is 8.07 Å². The van der Waals surface area contributed by atoms with Gasteiger partial charge in [-0.15, -0.1) is 0 Å². The Hall–Kier alpha value is -1.02. The van der Waals surface area contributed by atoms with Gasteiger partial charge in [-0.25, -0.2) is 0 Å². The van der Waals surface area contributed by atoms with Crippen LogP contribution in [0.25, 0.3) is 0 Å². The first-order valence-electron chi connectivity index (χ1n) is 12.9. The molecule has 2 heteroatoms. The minimum atomic E-state index is -2.35. The Morgan fingerprint density at radius 1 is 1.04 bits per heavy atom. The third kappa shape index (κ3) is 2.47. The fourth-order valence-electron chi connectivity index (χ4n) is 6.71. The minimum absolute atomic E-state index is 0.0894. The van der Waals surface area contributed by atoms with E-state index in [1.807, 2.05) is 0 Å². The van der Waals surface area contributed by atoms with Crippen LogP contribution in [0.1, 0.15) is 90.6 Å². The van der Waals surface area contributed by atoms with Crippen LogP contribution >= 0.6 is 0 Å². The molecule has 2 fully saturated rings. The predicted octanol–water partition coefficient (Wildman–Crippen LogP) is 7.41. The van der Waals surface area contributed by atoms with Crippen molar-refractivity contribution in [3.63, 3.8) is 0 Å². The Bertz CT molecular complexity index is 917. The van der Waals surface area contributed by atoms with Crippen molar-refractivity contribution in [2.24, 2.45) is 11.8 Å². The standard InChI is InChI=1S/C24H36OSi/c1-15(2)26(16(3)4,17(5)6)13-12-25-21-9-7-8-20-22-18-10-11-19(14-18)23(22)24(20)21/h7-9,12-13,15-19,22-23H,10-11,14H2,1-6H3/b13-12-/i7D,8D,9D,12D,13D. The van der Waals surface area contributed by atoms with E-state index in [-0.39, 0.29) is 24.4 Å². The Labute approximate surface area is 168 Å². The largest absolute Gasteiger partial charge is 0.465 e. The van der Waals surface area contributed by atoms with Gasteiger partial charge in [-0.3, -0.25) is 0 Å². The number of rotatable bonds is 6. The first-order valence-corrected chi connectivity index (χ1v) is 12.7. The van der Waals surface area contributed by atoms with Crippen LogP contribution in [0.15, 0.2) is 30.0 Å². The smallest absolute Gasteiger partial charge is 0.130 e. The van der Waals surface area contributed by atoms with Crippen molar-refractivity contribution >= 4 is 8.07 Å². The summed E-state index contributed by atoms with van der Waals surface area (Å²) in [7, 11) is -2.35. The van der Waals surface area contributed by atoms with Gasteiger partial charge in [0.1, 0.15) is 7.12 Å². The zero-order chi connectivity index (χ0) is 23.0. The molecule has 0 radical (unpaired) electrons. The number of hydrogen-bond acceptors (Lipinski definition) is 1. The number of ether oxygens (including phenoxy) is 1. The first kappa shape index (κ1) is 13.2. The van der Waals surface area contributed by atoms with E-state index in [1.165, 1.54) is 19.3 Å². The third-order valence-corrected chi connectivity index (χ3v) is 14.0. The Kier molecular flexibility index (Phi) is 3.32. The lowest BCUT2D eigenvalue weighted by Crippen LogP contribution is -2.42. The molecule has 0 N–H and O–H groups in total. The summed E-state index contributed by atoms with van der Waals surface area (Å²) in [4.78, 5) is 0. The van der Waals surface area contributed by atoms with Crippen LogP contribution in [0.3, 0.4) is 0 Å². The average Bonchev–Trinajstić information content (AvgIpc) is 3.22. The molecule has 0 aromatic heterocycles. The molecule has 0 saturated heterocycles. The molecule has 1 nitrogen and oxygen atoms in total. The molecular weight excluding hydrogens is 332 g/mol. The van der Waals surface area contributed by atoms with Crippen molar-refractivity contribution in [3.8, 4) is 5.75 Å². The summed E-state index contributed by atoms with van der Waals surface area (Å²) in [5.41, 5.74) is 2.99. The van der Waals surface area contributed by atoms with E-state index in [2.05, 4.69) is 41.5 Å². The molecule has 4 unspecified atom stereocenters. The summed E-state index contributed by atoms with van der Waals surface area (Å²) in [5, 5.41) is 0. The van der Waals surface area contributed by atoms with Gasteiger partial charge in [0.2, 0.25) is 0 Å². The topological polar surface area (TPSA) is 9.23 Å². The molecule has 2 saturated carbocycles. The van der Waals surface area contributed by atoms with Crippen molar-refractivity contribution in [3.05, 3.63) is 41.2 Å². The maximum absolute atomic E-state index is 9.05. The highest BCUT2D eigenvalue weighted by atomic mass is 28.3. The van der Waals surface area contributed by atoms with Gasteiger partial charge in [-0.1, -0.05) is 59.3 Å². The van der Waals surface area contributed by atoms with Gasteiger partial charge in [0.05, 0.1) is 19.8 Å². The molecule has 1 aromatic rings. The summed E-state index contributed by atoms with van der Waals surface area (Å²) in [6, 6.07) is -0.0131. The first-order chi connectivity index (χ1) is 14.5. The van der Waals surface area contributed by atoms with Crippen LogP contribution < -0.4 is 4.74 Å². The van der Waals surface area contributed by atoms with Gasteiger partial charge in [0.25, 0.3) is 0 Å². The average molecular weight is 374 g/mol. The molecule has 3 aliphatic carbocycles. The van der Waals surface area contributed by atoms with E-state index in [4.69, 9.17) is 11.6 Å². The van der Waals surface area contributed by atoms with Crippen LogP contribution in [0.4, 0.5) is 0 Å². The van der Waals surface area contributed by atoms with E-state index in [1.54, 1.807) is 0 Å². The van der Waals surface area contributed by atoms with Crippen molar-refractivity contribution in [2.45, 2.75) is 89.3 Å². The molecule has 0 spiro atoms. The van der Waals surface area contributed by atoms with E-state index in [9.17, 15) is 0 Å². The Morgan fingerprint density at radius 2 is 1.65 bits per heavy atom. The van der Waals surface area contributed by atoms with Gasteiger partial charge in [0, 0.05) is 5.56 Å². The number of benzene rings is 1. The molecule has 2 bridgehead atoms. The van der Waals surface area contributed by atoms with E-state index < -0.39 is 8.07 Å². The lowest BCUT2D eigenvalue weighted by molar-refractivity contribution is 0.311. The Morgan fingerprint density at radius 3 is 2.27 bits per heavy atom. The maximum atomic E-state index is 9.05. The Balaban J connectivity index is 1.82. The summed E-state index contributed by atoms with van der Waals surface area (Å²) < 4.78 is 49.3. The lowest BCUT2D eigenvalue weighted by atomic mass is 9.61. The van der Waals surface area contributed by atoms with Crippen molar-refractivity contribution in [1.82, 2.24) is 0 Å². The fourth-order valence-corrected chi connectivity index (χ4v) is 11.8. The summed E-state index contributed by atoms with van der Waals surface area (Å²) in [6.45, 7) is 13.0. The van der Waals surface area contributed by atoms with E-state index >= 15 is 0 Å². The molecule has 0 heterocycles. The quantitative estimate of drug-likeness (QED) is 0.372. The molecule has 26 heavy (non-hydrogen) atoms. The highest BCUT2D eigenvalue weighted by Crippen LogP contribution is 2.69. The van der Waals surface area contributed by atoms with E-state index in [0.717, 1.165) is 11.1 Å². The monoisotopic (exact) mass is 373 g/mol. The zero-order valence-corrected chi connectivity index (χ0v) is 18.1. The van der Waals surface area contributed by atoms with Crippen molar-refractivity contribution in [1.29, 1.82) is 0 Å². The normalized spacial score (nSPS) is 33.0. The van der Waals surface area contributed by atoms with Crippen LogP contribution in [-0.2, 0) is 0 Å². The lowest BCUT2D eigenvalue weighted by Gasteiger charge is -2.43. The van der Waals surface area contributed by atoms with Gasteiger partial charge < -0.3 is 4.74 Å². The molecule has 3 aliphatic rings. The second-order valence-electron chi connectivity index (χ2n) is 9.64. The van der Waals surface area contributed by atoms with Gasteiger partial charge in [-0.05, 0) is 71.2 Å². The summed E-state index contributed by atoms with van der Waals surface area (Å²) in [6.07, 6.45) is 3.40. The molecule has 0 amide bonds. The second kappa shape index (κ2) is 6.55. The molecule has 1 aromatic carbocycles. The molecular formula is C24H36OSi. The zero-order valence-electron chi connectivity index (χ0n) is 22.1. The summed E-state index contributed by atoms with van der Waals surface area (Å²) in [5.74, 6) is 2.10.